The Bertz CT molecular complexity index is 297. The number of aliphatic hydroxyl groups excluding tert-OH is 2. The zero-order valence-corrected chi connectivity index (χ0v) is 9.39. The Morgan fingerprint density at radius 3 is 2.88 bits per heavy atom. The van der Waals surface area contributed by atoms with E-state index in [0.717, 1.165) is 0 Å². The number of hydrogen-bond donors (Lipinski definition) is 3. The van der Waals surface area contributed by atoms with Crippen LogP contribution in [-0.2, 0) is 0 Å². The van der Waals surface area contributed by atoms with E-state index in [9.17, 15) is 5.11 Å². The average molecular weight is 248 g/mol. The molecule has 0 spiro atoms. The van der Waals surface area contributed by atoms with Crippen molar-refractivity contribution in [3.8, 4) is 5.88 Å². The molecule has 0 fully saturated rings. The lowest BCUT2D eigenvalue weighted by Crippen LogP contribution is -2.33. The third-order valence-electron chi connectivity index (χ3n) is 1.70. The van der Waals surface area contributed by atoms with Gasteiger partial charge in [-0.3, -0.25) is 0 Å². The highest BCUT2D eigenvalue weighted by molar-refractivity contribution is 6.29. The molecule has 1 rings (SSSR count). The van der Waals surface area contributed by atoms with Crippen LogP contribution in [0.1, 0.15) is 0 Å². The smallest absolute Gasteiger partial charge is 0.233 e. The van der Waals surface area contributed by atoms with Crippen LogP contribution in [0.2, 0.25) is 5.15 Å². The summed E-state index contributed by atoms with van der Waals surface area (Å²) < 4.78 is 5.17. The van der Waals surface area contributed by atoms with Gasteiger partial charge in [0.1, 0.15) is 12.7 Å². The molecule has 0 saturated heterocycles. The maximum absolute atomic E-state index is 9.45. The largest absolute Gasteiger partial charge is 0.474 e. The minimum Gasteiger partial charge on any atom is -0.474 e. The van der Waals surface area contributed by atoms with Crippen molar-refractivity contribution in [2.24, 2.45) is 0 Å². The maximum Gasteiger partial charge on any atom is 0.233 e. The maximum atomic E-state index is 9.45. The van der Waals surface area contributed by atoms with Crippen molar-refractivity contribution in [1.82, 2.24) is 15.5 Å². The SMILES string of the molecule is OCCNCC(O)COc1ccc(Cl)nn1. The summed E-state index contributed by atoms with van der Waals surface area (Å²) >= 11 is 5.55. The number of aromatic nitrogens is 2. The van der Waals surface area contributed by atoms with E-state index >= 15 is 0 Å². The van der Waals surface area contributed by atoms with E-state index in [4.69, 9.17) is 21.4 Å². The van der Waals surface area contributed by atoms with Crippen LogP contribution in [0.5, 0.6) is 5.88 Å². The van der Waals surface area contributed by atoms with E-state index in [1.165, 1.54) is 0 Å². The van der Waals surface area contributed by atoms with Gasteiger partial charge in [-0.2, -0.15) is 0 Å². The van der Waals surface area contributed by atoms with Crippen LogP contribution in [0, 0.1) is 0 Å². The number of hydrogen-bond acceptors (Lipinski definition) is 6. The van der Waals surface area contributed by atoms with Crippen LogP contribution in [0.15, 0.2) is 12.1 Å². The van der Waals surface area contributed by atoms with Gasteiger partial charge in [0.2, 0.25) is 5.88 Å². The molecule has 0 aromatic carbocycles. The van der Waals surface area contributed by atoms with Crippen LogP contribution >= 0.6 is 11.6 Å². The molecule has 0 aliphatic carbocycles. The highest BCUT2D eigenvalue weighted by atomic mass is 35.5. The molecule has 16 heavy (non-hydrogen) atoms. The lowest BCUT2D eigenvalue weighted by Gasteiger charge is -2.11. The number of rotatable bonds is 7. The Kier molecular flexibility index (Phi) is 6.02. The minimum absolute atomic E-state index is 0.0379. The molecule has 3 N–H and O–H groups in total. The molecule has 6 nitrogen and oxygen atoms in total. The molecule has 1 unspecified atom stereocenters. The minimum atomic E-state index is -0.663. The summed E-state index contributed by atoms with van der Waals surface area (Å²) in [6.45, 7) is 0.935. The van der Waals surface area contributed by atoms with Crippen molar-refractivity contribution in [2.45, 2.75) is 6.10 Å². The second-order valence-electron chi connectivity index (χ2n) is 3.09. The van der Waals surface area contributed by atoms with Crippen LogP contribution < -0.4 is 10.1 Å². The van der Waals surface area contributed by atoms with Crippen LogP contribution in [0.4, 0.5) is 0 Å². The van der Waals surface area contributed by atoms with E-state index in [2.05, 4.69) is 15.5 Å². The van der Waals surface area contributed by atoms with Crippen molar-refractivity contribution in [3.63, 3.8) is 0 Å². The first kappa shape index (κ1) is 13.1. The highest BCUT2D eigenvalue weighted by Gasteiger charge is 2.05. The van der Waals surface area contributed by atoms with Gasteiger partial charge in [0.15, 0.2) is 5.15 Å². The molecule has 0 bridgehead atoms. The molecule has 0 saturated carbocycles. The topological polar surface area (TPSA) is 87.5 Å². The molecule has 0 aliphatic heterocycles. The molecule has 0 amide bonds. The van der Waals surface area contributed by atoms with Gasteiger partial charge in [-0.15, -0.1) is 10.2 Å². The number of halogens is 1. The van der Waals surface area contributed by atoms with Crippen LogP contribution in [0.3, 0.4) is 0 Å². The monoisotopic (exact) mass is 247 g/mol. The number of nitrogens with one attached hydrogen (secondary N) is 1. The Morgan fingerprint density at radius 2 is 2.25 bits per heavy atom. The zero-order chi connectivity index (χ0) is 11.8. The predicted octanol–water partition coefficient (Wildman–Crippen LogP) is -0.548. The van der Waals surface area contributed by atoms with E-state index in [-0.39, 0.29) is 18.4 Å². The molecule has 1 aromatic rings. The van der Waals surface area contributed by atoms with Crippen molar-refractivity contribution in [1.29, 1.82) is 0 Å². The number of nitrogens with zero attached hydrogens (tertiary/aromatic N) is 2. The van der Waals surface area contributed by atoms with Crippen LogP contribution in [-0.4, -0.2) is 52.8 Å². The summed E-state index contributed by atoms with van der Waals surface area (Å²) in [6.07, 6.45) is -0.663. The van der Waals surface area contributed by atoms with E-state index in [1.54, 1.807) is 12.1 Å². The molecule has 0 aliphatic rings. The molecule has 1 aromatic heterocycles. The lowest BCUT2D eigenvalue weighted by molar-refractivity contribution is 0.102. The first-order valence-electron chi connectivity index (χ1n) is 4.84. The van der Waals surface area contributed by atoms with Gasteiger partial charge in [-0.25, -0.2) is 0 Å². The quantitative estimate of drug-likeness (QED) is 0.561. The summed E-state index contributed by atoms with van der Waals surface area (Å²) in [5.74, 6) is 0.311. The fourth-order valence-electron chi connectivity index (χ4n) is 0.969. The Labute approximate surface area is 98.2 Å². The Balaban J connectivity index is 2.20. The standard InChI is InChI=1S/C9H14ClN3O3/c10-8-1-2-9(13-12-8)16-6-7(15)5-11-3-4-14/h1-2,7,11,14-15H,3-6H2. The normalized spacial score (nSPS) is 12.4. The first-order valence-corrected chi connectivity index (χ1v) is 5.22. The van der Waals surface area contributed by atoms with Gasteiger partial charge in [0.05, 0.1) is 6.61 Å². The van der Waals surface area contributed by atoms with Crippen molar-refractivity contribution in [2.75, 3.05) is 26.3 Å². The van der Waals surface area contributed by atoms with Gasteiger partial charge in [0.25, 0.3) is 0 Å². The van der Waals surface area contributed by atoms with Crippen molar-refractivity contribution >= 4 is 11.6 Å². The molecular weight excluding hydrogens is 234 g/mol. The van der Waals surface area contributed by atoms with Crippen molar-refractivity contribution in [3.05, 3.63) is 17.3 Å². The molecular formula is C9H14ClN3O3. The average Bonchev–Trinajstić information content (AvgIpc) is 2.29. The summed E-state index contributed by atoms with van der Waals surface area (Å²) in [4.78, 5) is 0. The van der Waals surface area contributed by atoms with Gasteiger partial charge in [-0.05, 0) is 6.07 Å². The molecule has 1 heterocycles. The highest BCUT2D eigenvalue weighted by Crippen LogP contribution is 2.08. The molecule has 90 valence electrons. The number of aliphatic hydroxyl groups is 2. The molecule has 0 radical (unpaired) electrons. The summed E-state index contributed by atoms with van der Waals surface area (Å²) in [5, 5.41) is 28.4. The second kappa shape index (κ2) is 7.34. The van der Waals surface area contributed by atoms with Gasteiger partial charge in [0, 0.05) is 19.2 Å². The van der Waals surface area contributed by atoms with E-state index in [1.807, 2.05) is 0 Å². The number of ether oxygens (including phenoxy) is 1. The van der Waals surface area contributed by atoms with E-state index in [0.29, 0.717) is 19.0 Å². The zero-order valence-electron chi connectivity index (χ0n) is 8.64. The third-order valence-corrected chi connectivity index (χ3v) is 1.90. The fourth-order valence-corrected chi connectivity index (χ4v) is 1.07. The van der Waals surface area contributed by atoms with Gasteiger partial charge in [-0.1, -0.05) is 11.6 Å². The second-order valence-corrected chi connectivity index (χ2v) is 3.47. The van der Waals surface area contributed by atoms with Gasteiger partial charge >= 0.3 is 0 Å². The first-order chi connectivity index (χ1) is 7.72. The third kappa shape index (κ3) is 5.22. The Hall–Kier alpha value is -0.950. The van der Waals surface area contributed by atoms with E-state index < -0.39 is 6.10 Å². The Morgan fingerprint density at radius 1 is 1.44 bits per heavy atom. The summed E-state index contributed by atoms with van der Waals surface area (Å²) in [6, 6.07) is 3.13. The fraction of sp³-hybridized carbons (Fsp3) is 0.556. The summed E-state index contributed by atoms with van der Waals surface area (Å²) in [7, 11) is 0. The summed E-state index contributed by atoms with van der Waals surface area (Å²) in [5.41, 5.74) is 0. The predicted molar refractivity (Wildman–Crippen MR) is 58.5 cm³/mol. The lowest BCUT2D eigenvalue weighted by atomic mass is 10.4. The van der Waals surface area contributed by atoms with Gasteiger partial charge < -0.3 is 20.3 Å². The molecule has 1 atom stereocenters. The molecule has 7 heteroatoms. The van der Waals surface area contributed by atoms with Crippen LogP contribution in [0.25, 0.3) is 0 Å². The van der Waals surface area contributed by atoms with Crippen molar-refractivity contribution < 1.29 is 14.9 Å².